The Bertz CT molecular complexity index is 723. The number of rotatable bonds is 3. The Balaban J connectivity index is 1.36. The summed E-state index contributed by atoms with van der Waals surface area (Å²) in [5, 5.41) is 3.33. The standard InChI is InChI=1S/C19H22N4O/c24-19(16-3-4-17-12-21-13-18(17)10-16)23-8-6-22(7-9-23)14-15-2-1-5-20-11-15/h1-5,10-11,21H,6-9,12-14H2. The van der Waals surface area contributed by atoms with E-state index in [9.17, 15) is 4.79 Å². The van der Waals surface area contributed by atoms with Crippen LogP contribution in [-0.2, 0) is 19.6 Å². The quantitative estimate of drug-likeness (QED) is 0.933. The van der Waals surface area contributed by atoms with Crippen molar-refractivity contribution in [3.63, 3.8) is 0 Å². The van der Waals surface area contributed by atoms with Gasteiger partial charge >= 0.3 is 0 Å². The lowest BCUT2D eigenvalue weighted by Crippen LogP contribution is -2.48. The summed E-state index contributed by atoms with van der Waals surface area (Å²) < 4.78 is 0. The third-order valence-electron chi connectivity index (χ3n) is 4.87. The third kappa shape index (κ3) is 3.18. The second-order valence-corrected chi connectivity index (χ2v) is 6.52. The number of nitrogens with one attached hydrogen (secondary N) is 1. The van der Waals surface area contributed by atoms with Gasteiger partial charge < -0.3 is 10.2 Å². The maximum absolute atomic E-state index is 12.7. The molecule has 1 amide bonds. The van der Waals surface area contributed by atoms with Gasteiger partial charge in [0.15, 0.2) is 0 Å². The van der Waals surface area contributed by atoms with Crippen LogP contribution in [0.15, 0.2) is 42.7 Å². The maximum atomic E-state index is 12.7. The molecule has 0 radical (unpaired) electrons. The highest BCUT2D eigenvalue weighted by Crippen LogP contribution is 2.19. The van der Waals surface area contributed by atoms with Gasteiger partial charge in [-0.25, -0.2) is 0 Å². The number of carbonyl (C=O) groups excluding carboxylic acids is 1. The number of amides is 1. The van der Waals surface area contributed by atoms with E-state index >= 15 is 0 Å². The van der Waals surface area contributed by atoms with Crippen LogP contribution in [0.4, 0.5) is 0 Å². The van der Waals surface area contributed by atoms with E-state index in [0.717, 1.165) is 51.4 Å². The molecule has 124 valence electrons. The molecule has 4 rings (SSSR count). The van der Waals surface area contributed by atoms with Crippen LogP contribution in [0.1, 0.15) is 27.0 Å². The molecule has 2 aliphatic rings. The molecular weight excluding hydrogens is 300 g/mol. The number of benzene rings is 1. The van der Waals surface area contributed by atoms with Crippen molar-refractivity contribution in [2.24, 2.45) is 0 Å². The predicted molar refractivity (Wildman–Crippen MR) is 92.4 cm³/mol. The predicted octanol–water partition coefficient (Wildman–Crippen LogP) is 1.64. The monoisotopic (exact) mass is 322 g/mol. The summed E-state index contributed by atoms with van der Waals surface area (Å²) in [6.45, 7) is 6.08. The van der Waals surface area contributed by atoms with Crippen LogP contribution in [0.3, 0.4) is 0 Å². The van der Waals surface area contributed by atoms with Crippen molar-refractivity contribution in [3.05, 3.63) is 65.0 Å². The van der Waals surface area contributed by atoms with Gasteiger partial charge in [0.2, 0.25) is 0 Å². The number of hydrogen-bond donors (Lipinski definition) is 1. The van der Waals surface area contributed by atoms with Crippen LogP contribution < -0.4 is 5.32 Å². The molecule has 0 bridgehead atoms. The number of pyridine rings is 1. The van der Waals surface area contributed by atoms with Gasteiger partial charge in [0.05, 0.1) is 0 Å². The van der Waals surface area contributed by atoms with Crippen molar-refractivity contribution >= 4 is 5.91 Å². The van der Waals surface area contributed by atoms with Gasteiger partial charge in [-0.3, -0.25) is 14.7 Å². The van der Waals surface area contributed by atoms with E-state index in [1.54, 1.807) is 6.20 Å². The minimum atomic E-state index is 0.158. The highest BCUT2D eigenvalue weighted by Gasteiger charge is 2.23. The summed E-state index contributed by atoms with van der Waals surface area (Å²) in [6, 6.07) is 10.2. The average Bonchev–Trinajstić information content (AvgIpc) is 3.10. The molecule has 3 heterocycles. The SMILES string of the molecule is O=C(c1ccc2c(c1)CNC2)N1CCN(Cc2cccnc2)CC1. The van der Waals surface area contributed by atoms with Gasteiger partial charge in [0, 0.05) is 63.8 Å². The van der Waals surface area contributed by atoms with Gasteiger partial charge in [-0.15, -0.1) is 0 Å². The first-order valence-corrected chi connectivity index (χ1v) is 8.53. The number of piperazine rings is 1. The molecule has 1 aromatic carbocycles. The zero-order chi connectivity index (χ0) is 16.4. The molecule has 1 aromatic heterocycles. The maximum Gasteiger partial charge on any atom is 0.253 e. The summed E-state index contributed by atoms with van der Waals surface area (Å²) in [5.41, 5.74) is 4.62. The van der Waals surface area contributed by atoms with Crippen molar-refractivity contribution in [2.45, 2.75) is 19.6 Å². The Morgan fingerprint density at radius 1 is 1.08 bits per heavy atom. The Morgan fingerprint density at radius 3 is 2.71 bits per heavy atom. The highest BCUT2D eigenvalue weighted by molar-refractivity contribution is 5.94. The molecule has 5 heteroatoms. The minimum Gasteiger partial charge on any atom is -0.336 e. The molecule has 0 unspecified atom stereocenters. The van der Waals surface area contributed by atoms with Gasteiger partial charge in [-0.05, 0) is 34.9 Å². The molecular formula is C19H22N4O. The Morgan fingerprint density at radius 2 is 1.92 bits per heavy atom. The molecule has 1 saturated heterocycles. The van der Waals surface area contributed by atoms with Crippen LogP contribution in [0.2, 0.25) is 0 Å². The van der Waals surface area contributed by atoms with Gasteiger partial charge in [-0.2, -0.15) is 0 Å². The Hall–Kier alpha value is -2.24. The Kier molecular flexibility index (Phi) is 4.28. The van der Waals surface area contributed by atoms with E-state index in [4.69, 9.17) is 0 Å². The largest absolute Gasteiger partial charge is 0.336 e. The van der Waals surface area contributed by atoms with Crippen LogP contribution in [-0.4, -0.2) is 46.9 Å². The van der Waals surface area contributed by atoms with Crippen molar-refractivity contribution in [3.8, 4) is 0 Å². The molecule has 2 aromatic rings. The van der Waals surface area contributed by atoms with Gasteiger partial charge in [0.1, 0.15) is 0 Å². The number of aromatic nitrogens is 1. The molecule has 5 nitrogen and oxygen atoms in total. The minimum absolute atomic E-state index is 0.158. The van der Waals surface area contributed by atoms with Gasteiger partial charge in [-0.1, -0.05) is 12.1 Å². The molecule has 0 atom stereocenters. The lowest BCUT2D eigenvalue weighted by molar-refractivity contribution is 0.0628. The Labute approximate surface area is 142 Å². The highest BCUT2D eigenvalue weighted by atomic mass is 16.2. The first kappa shape index (κ1) is 15.3. The lowest BCUT2D eigenvalue weighted by Gasteiger charge is -2.34. The lowest BCUT2D eigenvalue weighted by atomic mass is 10.1. The van der Waals surface area contributed by atoms with Crippen LogP contribution >= 0.6 is 0 Å². The first-order valence-electron chi connectivity index (χ1n) is 8.53. The molecule has 0 saturated carbocycles. The van der Waals surface area contributed by atoms with Crippen LogP contribution in [0, 0.1) is 0 Å². The number of fused-ring (bicyclic) bond motifs is 1. The smallest absolute Gasteiger partial charge is 0.253 e. The zero-order valence-electron chi connectivity index (χ0n) is 13.7. The summed E-state index contributed by atoms with van der Waals surface area (Å²) in [6.07, 6.45) is 3.71. The summed E-state index contributed by atoms with van der Waals surface area (Å²) in [5.74, 6) is 0.158. The van der Waals surface area contributed by atoms with Crippen molar-refractivity contribution in [2.75, 3.05) is 26.2 Å². The van der Waals surface area contributed by atoms with E-state index in [2.05, 4.69) is 33.4 Å². The molecule has 0 spiro atoms. The fourth-order valence-electron chi connectivity index (χ4n) is 3.47. The molecule has 0 aliphatic carbocycles. The van der Waals surface area contributed by atoms with Crippen molar-refractivity contribution in [1.29, 1.82) is 0 Å². The first-order chi connectivity index (χ1) is 11.8. The van der Waals surface area contributed by atoms with Crippen molar-refractivity contribution in [1.82, 2.24) is 20.1 Å². The van der Waals surface area contributed by atoms with Gasteiger partial charge in [0.25, 0.3) is 5.91 Å². The van der Waals surface area contributed by atoms with E-state index in [0.29, 0.717) is 0 Å². The normalized spacial score (nSPS) is 17.8. The van der Waals surface area contributed by atoms with Crippen LogP contribution in [0.5, 0.6) is 0 Å². The third-order valence-corrected chi connectivity index (χ3v) is 4.87. The topological polar surface area (TPSA) is 48.5 Å². The molecule has 1 N–H and O–H groups in total. The number of hydrogen-bond acceptors (Lipinski definition) is 4. The van der Waals surface area contributed by atoms with Crippen molar-refractivity contribution < 1.29 is 4.79 Å². The van der Waals surface area contributed by atoms with E-state index < -0.39 is 0 Å². The number of nitrogens with zero attached hydrogens (tertiary/aromatic N) is 3. The fourth-order valence-corrected chi connectivity index (χ4v) is 3.47. The second kappa shape index (κ2) is 6.71. The molecule has 24 heavy (non-hydrogen) atoms. The van der Waals surface area contributed by atoms with E-state index in [-0.39, 0.29) is 5.91 Å². The summed E-state index contributed by atoms with van der Waals surface area (Å²) in [7, 11) is 0. The van der Waals surface area contributed by atoms with E-state index in [1.807, 2.05) is 23.2 Å². The molecule has 1 fully saturated rings. The fraction of sp³-hybridized carbons (Fsp3) is 0.368. The average molecular weight is 322 g/mol. The summed E-state index contributed by atoms with van der Waals surface area (Å²) in [4.78, 5) is 21.3. The summed E-state index contributed by atoms with van der Waals surface area (Å²) >= 11 is 0. The second-order valence-electron chi connectivity index (χ2n) is 6.52. The van der Waals surface area contributed by atoms with Crippen LogP contribution in [0.25, 0.3) is 0 Å². The zero-order valence-corrected chi connectivity index (χ0v) is 13.7. The van der Waals surface area contributed by atoms with E-state index in [1.165, 1.54) is 16.7 Å². The number of carbonyl (C=O) groups is 1. The molecule has 2 aliphatic heterocycles.